The van der Waals surface area contributed by atoms with Gasteiger partial charge in [0.25, 0.3) is 0 Å². The van der Waals surface area contributed by atoms with Gasteiger partial charge < -0.3 is 5.32 Å². The molecule has 0 fully saturated rings. The number of rotatable bonds is 5. The topological polar surface area (TPSA) is 12.0 Å². The zero-order valence-electron chi connectivity index (χ0n) is 9.52. The Kier molecular flexibility index (Phi) is 5.56. The first-order chi connectivity index (χ1) is 5.45. The number of hydrogen-bond donors (Lipinski definition) is 1. The predicted molar refractivity (Wildman–Crippen MR) is 56.3 cm³/mol. The van der Waals surface area contributed by atoms with E-state index in [-0.39, 0.29) is 0 Å². The van der Waals surface area contributed by atoms with Crippen LogP contribution in [0.1, 0.15) is 41.5 Å². The molecule has 0 heterocycles. The first-order valence-electron chi connectivity index (χ1n) is 5.18. The van der Waals surface area contributed by atoms with Crippen LogP contribution in [-0.4, -0.2) is 12.6 Å². The highest BCUT2D eigenvalue weighted by Crippen LogP contribution is 2.09. The average molecular weight is 171 g/mol. The van der Waals surface area contributed by atoms with Gasteiger partial charge in [-0.25, -0.2) is 0 Å². The van der Waals surface area contributed by atoms with Crippen LogP contribution in [0, 0.1) is 17.8 Å². The summed E-state index contributed by atoms with van der Waals surface area (Å²) in [6.45, 7) is 14.8. The van der Waals surface area contributed by atoms with E-state index in [0.717, 1.165) is 24.3 Å². The molecule has 0 aromatic carbocycles. The van der Waals surface area contributed by atoms with Crippen molar-refractivity contribution in [1.29, 1.82) is 0 Å². The van der Waals surface area contributed by atoms with E-state index >= 15 is 0 Å². The second-order valence-corrected chi connectivity index (χ2v) is 4.66. The fourth-order valence-electron chi connectivity index (χ4n) is 0.843. The van der Waals surface area contributed by atoms with E-state index in [2.05, 4.69) is 46.9 Å². The summed E-state index contributed by atoms with van der Waals surface area (Å²) in [5.41, 5.74) is 0. The maximum atomic E-state index is 3.56. The van der Waals surface area contributed by atoms with E-state index in [1.54, 1.807) is 0 Å². The van der Waals surface area contributed by atoms with Gasteiger partial charge in [0, 0.05) is 6.04 Å². The smallest absolute Gasteiger partial charge is 0.00618 e. The predicted octanol–water partition coefficient (Wildman–Crippen LogP) is 2.91. The summed E-state index contributed by atoms with van der Waals surface area (Å²) < 4.78 is 0. The molecule has 0 aromatic rings. The quantitative estimate of drug-likeness (QED) is 0.670. The van der Waals surface area contributed by atoms with E-state index in [0.29, 0.717) is 6.04 Å². The van der Waals surface area contributed by atoms with Crippen molar-refractivity contribution in [3.05, 3.63) is 0 Å². The molecule has 0 spiro atoms. The Morgan fingerprint density at radius 1 is 0.833 bits per heavy atom. The molecule has 0 aromatic heterocycles. The Morgan fingerprint density at radius 3 is 1.67 bits per heavy atom. The molecule has 74 valence electrons. The highest BCUT2D eigenvalue weighted by Gasteiger charge is 2.10. The minimum absolute atomic E-state index is 0.645. The molecule has 0 saturated carbocycles. The zero-order valence-corrected chi connectivity index (χ0v) is 9.52. The largest absolute Gasteiger partial charge is 0.314 e. The van der Waals surface area contributed by atoms with Gasteiger partial charge in [-0.3, -0.25) is 0 Å². The molecule has 2 atom stereocenters. The minimum Gasteiger partial charge on any atom is -0.314 e. The van der Waals surface area contributed by atoms with Crippen LogP contribution in [0.25, 0.3) is 0 Å². The summed E-state index contributed by atoms with van der Waals surface area (Å²) in [6, 6.07) is 0.645. The van der Waals surface area contributed by atoms with Gasteiger partial charge in [-0.05, 0) is 31.2 Å². The molecule has 12 heavy (non-hydrogen) atoms. The lowest BCUT2D eigenvalue weighted by Crippen LogP contribution is -2.35. The van der Waals surface area contributed by atoms with Gasteiger partial charge >= 0.3 is 0 Å². The van der Waals surface area contributed by atoms with Crippen molar-refractivity contribution in [2.24, 2.45) is 17.8 Å². The molecule has 0 bridgehead atoms. The van der Waals surface area contributed by atoms with Crippen LogP contribution in [0.5, 0.6) is 0 Å². The van der Waals surface area contributed by atoms with Gasteiger partial charge in [-0.1, -0.05) is 34.6 Å². The molecule has 1 N–H and O–H groups in total. The SMILES string of the molecule is CC(C)C(C)CNC(C)C(C)C. The molecular weight excluding hydrogens is 146 g/mol. The second-order valence-electron chi connectivity index (χ2n) is 4.66. The molecule has 0 aliphatic rings. The van der Waals surface area contributed by atoms with E-state index in [4.69, 9.17) is 0 Å². The maximum absolute atomic E-state index is 3.56. The molecule has 1 nitrogen and oxygen atoms in total. The fourth-order valence-corrected chi connectivity index (χ4v) is 0.843. The van der Waals surface area contributed by atoms with Crippen LogP contribution in [0.3, 0.4) is 0 Å². The third kappa shape index (κ3) is 4.76. The Balaban J connectivity index is 3.54. The summed E-state index contributed by atoms with van der Waals surface area (Å²) >= 11 is 0. The Morgan fingerprint density at radius 2 is 1.33 bits per heavy atom. The Labute approximate surface area is 77.9 Å². The second kappa shape index (κ2) is 5.58. The van der Waals surface area contributed by atoms with Crippen molar-refractivity contribution < 1.29 is 0 Å². The highest BCUT2D eigenvalue weighted by molar-refractivity contribution is 4.67. The molecule has 0 aliphatic heterocycles. The van der Waals surface area contributed by atoms with Gasteiger partial charge in [0.2, 0.25) is 0 Å². The normalized spacial score (nSPS) is 17.0. The van der Waals surface area contributed by atoms with E-state index < -0.39 is 0 Å². The molecule has 0 amide bonds. The minimum atomic E-state index is 0.645. The van der Waals surface area contributed by atoms with Crippen LogP contribution < -0.4 is 5.32 Å². The molecule has 0 saturated heterocycles. The van der Waals surface area contributed by atoms with Gasteiger partial charge in [0.1, 0.15) is 0 Å². The molecule has 1 heteroatoms. The summed E-state index contributed by atoms with van der Waals surface area (Å²) in [7, 11) is 0. The first-order valence-corrected chi connectivity index (χ1v) is 5.18. The summed E-state index contributed by atoms with van der Waals surface area (Å²) in [5, 5.41) is 3.56. The van der Waals surface area contributed by atoms with Gasteiger partial charge in [0.05, 0.1) is 0 Å². The van der Waals surface area contributed by atoms with Crippen molar-refractivity contribution in [2.75, 3.05) is 6.54 Å². The van der Waals surface area contributed by atoms with Crippen LogP contribution in [0.15, 0.2) is 0 Å². The Hall–Kier alpha value is -0.0400. The van der Waals surface area contributed by atoms with Crippen molar-refractivity contribution in [3.8, 4) is 0 Å². The lowest BCUT2D eigenvalue weighted by molar-refractivity contribution is 0.343. The van der Waals surface area contributed by atoms with Crippen LogP contribution in [0.4, 0.5) is 0 Å². The molecule has 0 aliphatic carbocycles. The summed E-state index contributed by atoms with van der Waals surface area (Å²) in [6.07, 6.45) is 0. The number of nitrogens with one attached hydrogen (secondary N) is 1. The summed E-state index contributed by atoms with van der Waals surface area (Å²) in [5.74, 6) is 2.31. The van der Waals surface area contributed by atoms with Crippen LogP contribution in [-0.2, 0) is 0 Å². The summed E-state index contributed by atoms with van der Waals surface area (Å²) in [4.78, 5) is 0. The number of hydrogen-bond acceptors (Lipinski definition) is 1. The molecule has 0 radical (unpaired) electrons. The standard InChI is InChI=1S/C11H25N/c1-8(2)10(5)7-12-11(6)9(3)4/h8-12H,7H2,1-6H3. The van der Waals surface area contributed by atoms with Crippen molar-refractivity contribution in [1.82, 2.24) is 5.32 Å². The highest BCUT2D eigenvalue weighted by atomic mass is 14.9. The van der Waals surface area contributed by atoms with Crippen molar-refractivity contribution >= 4 is 0 Å². The van der Waals surface area contributed by atoms with Crippen LogP contribution in [0.2, 0.25) is 0 Å². The monoisotopic (exact) mass is 171 g/mol. The van der Waals surface area contributed by atoms with Crippen molar-refractivity contribution in [2.45, 2.75) is 47.6 Å². The van der Waals surface area contributed by atoms with E-state index in [1.807, 2.05) is 0 Å². The van der Waals surface area contributed by atoms with E-state index in [9.17, 15) is 0 Å². The van der Waals surface area contributed by atoms with Crippen molar-refractivity contribution in [3.63, 3.8) is 0 Å². The third-order valence-corrected chi connectivity index (χ3v) is 2.90. The lowest BCUT2D eigenvalue weighted by Gasteiger charge is -2.22. The first kappa shape index (κ1) is 12.0. The van der Waals surface area contributed by atoms with Gasteiger partial charge in [-0.15, -0.1) is 0 Å². The zero-order chi connectivity index (χ0) is 9.72. The molecule has 2 unspecified atom stereocenters. The Bertz CT molecular complexity index is 93.6. The lowest BCUT2D eigenvalue weighted by atomic mass is 9.97. The third-order valence-electron chi connectivity index (χ3n) is 2.90. The average Bonchev–Trinajstić information content (AvgIpc) is 1.98. The van der Waals surface area contributed by atoms with Gasteiger partial charge in [0.15, 0.2) is 0 Å². The fraction of sp³-hybridized carbons (Fsp3) is 1.00. The van der Waals surface area contributed by atoms with Crippen LogP contribution >= 0.6 is 0 Å². The molecular formula is C11H25N. The van der Waals surface area contributed by atoms with E-state index in [1.165, 1.54) is 0 Å². The maximum Gasteiger partial charge on any atom is 0.00618 e. The molecule has 0 rings (SSSR count). The van der Waals surface area contributed by atoms with Gasteiger partial charge in [-0.2, -0.15) is 0 Å².